The Kier molecular flexibility index (Phi) is 5.12. The number of nitrogens with one attached hydrogen (secondary N) is 1. The third-order valence-corrected chi connectivity index (χ3v) is 4.46. The predicted octanol–water partition coefficient (Wildman–Crippen LogP) is 3.95. The third kappa shape index (κ3) is 4.05. The van der Waals surface area contributed by atoms with Crippen molar-refractivity contribution in [1.82, 2.24) is 4.90 Å². The Bertz CT molecular complexity index is 774. The molecule has 0 saturated carbocycles. The zero-order chi connectivity index (χ0) is 17.8. The molecule has 1 N–H and O–H groups in total. The molecular weight excluding hydrogens is 319 g/mol. The molecule has 0 radical (unpaired) electrons. The van der Waals surface area contributed by atoms with Crippen LogP contribution < -0.4 is 5.32 Å². The summed E-state index contributed by atoms with van der Waals surface area (Å²) in [4.78, 5) is 27.1. The Balaban J connectivity index is 1.79. The van der Waals surface area contributed by atoms with Crippen LogP contribution in [0.4, 0.5) is 10.1 Å². The highest BCUT2D eigenvalue weighted by molar-refractivity contribution is 6.09. The van der Waals surface area contributed by atoms with Gasteiger partial charge >= 0.3 is 0 Å². The molecule has 0 spiro atoms. The number of nitrogens with zero attached hydrogens (tertiary/aromatic N) is 1. The number of benzene rings is 2. The van der Waals surface area contributed by atoms with Gasteiger partial charge in [0, 0.05) is 18.7 Å². The maximum atomic E-state index is 13.0. The SMILES string of the molecule is CC1CCCN(C(=O)c2ccccc2NC(=O)c2ccc(F)cc2)C1. The Morgan fingerprint density at radius 3 is 2.56 bits per heavy atom. The monoisotopic (exact) mass is 340 g/mol. The number of anilines is 1. The molecule has 0 aromatic heterocycles. The van der Waals surface area contributed by atoms with Crippen LogP contribution in [0, 0.1) is 11.7 Å². The fourth-order valence-corrected chi connectivity index (χ4v) is 3.12. The van der Waals surface area contributed by atoms with Gasteiger partial charge in [0.2, 0.25) is 0 Å². The van der Waals surface area contributed by atoms with Crippen LogP contribution in [0.1, 0.15) is 40.5 Å². The molecule has 2 amide bonds. The third-order valence-electron chi connectivity index (χ3n) is 4.46. The first-order chi connectivity index (χ1) is 12.0. The van der Waals surface area contributed by atoms with Crippen molar-refractivity contribution in [3.63, 3.8) is 0 Å². The summed E-state index contributed by atoms with van der Waals surface area (Å²) < 4.78 is 13.0. The first kappa shape index (κ1) is 17.1. The van der Waals surface area contributed by atoms with Gasteiger partial charge in [-0.3, -0.25) is 9.59 Å². The van der Waals surface area contributed by atoms with E-state index in [2.05, 4.69) is 12.2 Å². The molecule has 1 unspecified atom stereocenters. The second kappa shape index (κ2) is 7.47. The number of likely N-dealkylation sites (tertiary alicyclic amines) is 1. The quantitative estimate of drug-likeness (QED) is 0.920. The Hall–Kier alpha value is -2.69. The van der Waals surface area contributed by atoms with Crippen LogP contribution in [0.2, 0.25) is 0 Å². The van der Waals surface area contributed by atoms with Crippen molar-refractivity contribution in [3.05, 3.63) is 65.5 Å². The Labute approximate surface area is 146 Å². The molecular formula is C20H21FN2O2. The molecule has 25 heavy (non-hydrogen) atoms. The van der Waals surface area contributed by atoms with Crippen LogP contribution in [0.25, 0.3) is 0 Å². The van der Waals surface area contributed by atoms with E-state index in [-0.39, 0.29) is 11.8 Å². The van der Waals surface area contributed by atoms with Crippen LogP contribution in [0.5, 0.6) is 0 Å². The minimum atomic E-state index is -0.397. The Morgan fingerprint density at radius 1 is 1.12 bits per heavy atom. The van der Waals surface area contributed by atoms with Gasteiger partial charge in [0.05, 0.1) is 11.3 Å². The maximum Gasteiger partial charge on any atom is 0.255 e. The molecule has 4 nitrogen and oxygen atoms in total. The van der Waals surface area contributed by atoms with E-state index in [1.54, 1.807) is 24.3 Å². The molecule has 1 aliphatic heterocycles. The van der Waals surface area contributed by atoms with Gasteiger partial charge in [0.25, 0.3) is 11.8 Å². The molecule has 1 saturated heterocycles. The highest BCUT2D eigenvalue weighted by atomic mass is 19.1. The van der Waals surface area contributed by atoms with Crippen molar-refractivity contribution >= 4 is 17.5 Å². The molecule has 3 rings (SSSR count). The van der Waals surface area contributed by atoms with E-state index in [4.69, 9.17) is 0 Å². The lowest BCUT2D eigenvalue weighted by Gasteiger charge is -2.31. The lowest BCUT2D eigenvalue weighted by molar-refractivity contribution is 0.0684. The van der Waals surface area contributed by atoms with Crippen LogP contribution in [-0.4, -0.2) is 29.8 Å². The fourth-order valence-electron chi connectivity index (χ4n) is 3.12. The van der Waals surface area contributed by atoms with E-state index in [0.29, 0.717) is 22.7 Å². The van der Waals surface area contributed by atoms with Crippen molar-refractivity contribution in [2.45, 2.75) is 19.8 Å². The summed E-state index contributed by atoms with van der Waals surface area (Å²) in [6, 6.07) is 12.3. The minimum Gasteiger partial charge on any atom is -0.338 e. The molecule has 2 aromatic carbocycles. The summed E-state index contributed by atoms with van der Waals surface area (Å²) in [7, 11) is 0. The molecule has 1 atom stereocenters. The number of piperidine rings is 1. The number of halogens is 1. The van der Waals surface area contributed by atoms with E-state index in [0.717, 1.165) is 25.9 Å². The minimum absolute atomic E-state index is 0.0680. The van der Waals surface area contributed by atoms with Gasteiger partial charge in [-0.2, -0.15) is 0 Å². The van der Waals surface area contributed by atoms with E-state index in [1.165, 1.54) is 24.3 Å². The molecule has 0 bridgehead atoms. The smallest absolute Gasteiger partial charge is 0.255 e. The maximum absolute atomic E-state index is 13.0. The fraction of sp³-hybridized carbons (Fsp3) is 0.300. The number of carbonyl (C=O) groups is 2. The lowest BCUT2D eigenvalue weighted by atomic mass is 9.99. The van der Waals surface area contributed by atoms with E-state index in [1.807, 2.05) is 4.90 Å². The van der Waals surface area contributed by atoms with Crippen LogP contribution in [0.15, 0.2) is 48.5 Å². The molecule has 1 fully saturated rings. The van der Waals surface area contributed by atoms with Crippen LogP contribution in [0.3, 0.4) is 0 Å². The number of amides is 2. The summed E-state index contributed by atoms with van der Waals surface area (Å²) in [6.07, 6.45) is 2.13. The second-order valence-electron chi connectivity index (χ2n) is 6.51. The van der Waals surface area contributed by atoms with Gasteiger partial charge in [-0.05, 0) is 55.2 Å². The normalized spacial score (nSPS) is 17.2. The molecule has 130 valence electrons. The summed E-state index contributed by atoms with van der Waals surface area (Å²) in [6.45, 7) is 3.62. The van der Waals surface area contributed by atoms with Crippen molar-refractivity contribution in [3.8, 4) is 0 Å². The summed E-state index contributed by atoms with van der Waals surface area (Å²) in [5.74, 6) is -0.348. The number of para-hydroxylation sites is 1. The second-order valence-corrected chi connectivity index (χ2v) is 6.51. The van der Waals surface area contributed by atoms with E-state index in [9.17, 15) is 14.0 Å². The largest absolute Gasteiger partial charge is 0.338 e. The highest BCUT2D eigenvalue weighted by Crippen LogP contribution is 2.22. The van der Waals surface area contributed by atoms with Gasteiger partial charge in [-0.15, -0.1) is 0 Å². The van der Waals surface area contributed by atoms with Crippen LogP contribution in [-0.2, 0) is 0 Å². The summed E-state index contributed by atoms with van der Waals surface area (Å²) in [5.41, 5.74) is 1.29. The topological polar surface area (TPSA) is 49.4 Å². The van der Waals surface area contributed by atoms with Gasteiger partial charge in [-0.25, -0.2) is 4.39 Å². The highest BCUT2D eigenvalue weighted by Gasteiger charge is 2.24. The lowest BCUT2D eigenvalue weighted by Crippen LogP contribution is -2.39. The zero-order valence-electron chi connectivity index (χ0n) is 14.2. The predicted molar refractivity (Wildman–Crippen MR) is 95.1 cm³/mol. The summed E-state index contributed by atoms with van der Waals surface area (Å²) in [5, 5.41) is 2.77. The van der Waals surface area contributed by atoms with Crippen molar-refractivity contribution in [2.75, 3.05) is 18.4 Å². The van der Waals surface area contributed by atoms with Gasteiger partial charge < -0.3 is 10.2 Å². The number of carbonyl (C=O) groups excluding carboxylic acids is 2. The Morgan fingerprint density at radius 2 is 1.84 bits per heavy atom. The van der Waals surface area contributed by atoms with Crippen molar-refractivity contribution in [2.24, 2.45) is 5.92 Å². The molecule has 1 aliphatic rings. The average molecular weight is 340 g/mol. The zero-order valence-corrected chi connectivity index (χ0v) is 14.2. The standard InChI is InChI=1S/C20H21FN2O2/c1-14-5-4-12-23(13-14)20(25)17-6-2-3-7-18(17)22-19(24)15-8-10-16(21)11-9-15/h2-3,6-11,14H,4-5,12-13H2,1H3,(H,22,24). The van der Waals surface area contributed by atoms with Crippen molar-refractivity contribution in [1.29, 1.82) is 0 Å². The number of hydrogen-bond donors (Lipinski definition) is 1. The number of rotatable bonds is 3. The first-order valence-electron chi connectivity index (χ1n) is 8.50. The molecule has 2 aromatic rings. The van der Waals surface area contributed by atoms with E-state index < -0.39 is 5.82 Å². The van der Waals surface area contributed by atoms with Crippen LogP contribution >= 0.6 is 0 Å². The first-order valence-corrected chi connectivity index (χ1v) is 8.50. The van der Waals surface area contributed by atoms with Gasteiger partial charge in [0.1, 0.15) is 5.82 Å². The summed E-state index contributed by atoms with van der Waals surface area (Å²) >= 11 is 0. The van der Waals surface area contributed by atoms with E-state index >= 15 is 0 Å². The average Bonchev–Trinajstić information content (AvgIpc) is 2.62. The van der Waals surface area contributed by atoms with Gasteiger partial charge in [-0.1, -0.05) is 19.1 Å². The molecule has 0 aliphatic carbocycles. The molecule has 5 heteroatoms. The number of hydrogen-bond acceptors (Lipinski definition) is 2. The van der Waals surface area contributed by atoms with Crippen molar-refractivity contribution < 1.29 is 14.0 Å². The molecule has 1 heterocycles. The van der Waals surface area contributed by atoms with Gasteiger partial charge in [0.15, 0.2) is 0 Å².